The van der Waals surface area contributed by atoms with Gasteiger partial charge in [-0.3, -0.25) is 0 Å². The molecule has 19 heavy (non-hydrogen) atoms. The van der Waals surface area contributed by atoms with Crippen LogP contribution >= 0.6 is 0 Å². The van der Waals surface area contributed by atoms with Crippen molar-refractivity contribution >= 4 is 5.97 Å². The zero-order valence-corrected chi connectivity index (χ0v) is 10.8. The van der Waals surface area contributed by atoms with Crippen LogP contribution in [0.1, 0.15) is 34.5 Å². The molecule has 1 heterocycles. The van der Waals surface area contributed by atoms with Crippen molar-refractivity contribution in [1.82, 2.24) is 4.98 Å². The van der Waals surface area contributed by atoms with Crippen LogP contribution in [0, 0.1) is 0 Å². The van der Waals surface area contributed by atoms with Gasteiger partial charge in [0.15, 0.2) is 5.89 Å². The van der Waals surface area contributed by atoms with E-state index in [-0.39, 0.29) is 5.76 Å². The molecule has 0 radical (unpaired) electrons. The number of aromatic carboxylic acids is 1. The van der Waals surface area contributed by atoms with Gasteiger partial charge in [-0.1, -0.05) is 19.1 Å². The Morgan fingerprint density at radius 3 is 2.84 bits per heavy atom. The highest BCUT2D eigenvalue weighted by Crippen LogP contribution is 2.22. The molecule has 0 amide bonds. The van der Waals surface area contributed by atoms with Crippen molar-refractivity contribution in [3.05, 3.63) is 47.2 Å². The van der Waals surface area contributed by atoms with E-state index in [1.54, 1.807) is 7.11 Å². The van der Waals surface area contributed by atoms with Gasteiger partial charge in [-0.15, -0.1) is 0 Å². The molecule has 0 spiro atoms. The molecule has 1 N–H and O–H groups in total. The molecule has 0 unspecified atom stereocenters. The third kappa shape index (κ3) is 2.93. The van der Waals surface area contributed by atoms with Crippen molar-refractivity contribution in [2.24, 2.45) is 0 Å². The lowest BCUT2D eigenvalue weighted by atomic mass is 10.1. The molecule has 5 nitrogen and oxygen atoms in total. The van der Waals surface area contributed by atoms with Gasteiger partial charge in [0.05, 0.1) is 13.3 Å². The van der Waals surface area contributed by atoms with Crippen LogP contribution in [0.25, 0.3) is 0 Å². The lowest BCUT2D eigenvalue weighted by molar-refractivity contribution is 0.0660. The molecule has 0 saturated heterocycles. The molecule has 5 heteroatoms. The second-order valence-corrected chi connectivity index (χ2v) is 4.10. The number of aromatic nitrogens is 1. The minimum atomic E-state index is -1.11. The predicted octanol–water partition coefficient (Wildman–Crippen LogP) is 2.53. The van der Waals surface area contributed by atoms with Gasteiger partial charge in [0.25, 0.3) is 0 Å². The molecule has 2 rings (SSSR count). The fourth-order valence-corrected chi connectivity index (χ4v) is 1.88. The third-order valence-electron chi connectivity index (χ3n) is 2.85. The van der Waals surface area contributed by atoms with E-state index in [2.05, 4.69) is 11.9 Å². The van der Waals surface area contributed by atoms with Crippen LogP contribution in [-0.4, -0.2) is 23.2 Å². The van der Waals surface area contributed by atoms with E-state index in [9.17, 15) is 4.79 Å². The minimum Gasteiger partial charge on any atom is -0.496 e. The fourth-order valence-electron chi connectivity index (χ4n) is 1.88. The summed E-state index contributed by atoms with van der Waals surface area (Å²) in [6, 6.07) is 5.83. The molecule has 1 aromatic carbocycles. The Hall–Kier alpha value is -2.30. The molecule has 0 saturated carbocycles. The summed E-state index contributed by atoms with van der Waals surface area (Å²) in [6.45, 7) is 2.05. The van der Waals surface area contributed by atoms with Crippen molar-refractivity contribution in [2.45, 2.75) is 19.8 Å². The van der Waals surface area contributed by atoms with Crippen LogP contribution in [-0.2, 0) is 12.8 Å². The predicted molar refractivity (Wildman–Crippen MR) is 68.6 cm³/mol. The zero-order chi connectivity index (χ0) is 13.8. The van der Waals surface area contributed by atoms with E-state index in [4.69, 9.17) is 14.3 Å². The van der Waals surface area contributed by atoms with Gasteiger partial charge < -0.3 is 14.3 Å². The van der Waals surface area contributed by atoms with Gasteiger partial charge in [-0.2, -0.15) is 0 Å². The fraction of sp³-hybridized carbons (Fsp3) is 0.286. The number of ether oxygens (including phenoxy) is 1. The Morgan fingerprint density at radius 2 is 2.26 bits per heavy atom. The van der Waals surface area contributed by atoms with E-state index in [0.717, 1.165) is 23.3 Å². The lowest BCUT2D eigenvalue weighted by Crippen LogP contribution is -1.95. The maximum Gasteiger partial charge on any atom is 0.373 e. The van der Waals surface area contributed by atoms with Gasteiger partial charge in [-0.05, 0) is 23.6 Å². The highest BCUT2D eigenvalue weighted by Gasteiger charge is 2.11. The summed E-state index contributed by atoms with van der Waals surface area (Å²) in [4.78, 5) is 14.7. The summed E-state index contributed by atoms with van der Waals surface area (Å²) in [7, 11) is 1.64. The van der Waals surface area contributed by atoms with Crippen molar-refractivity contribution < 1.29 is 19.1 Å². The van der Waals surface area contributed by atoms with Crippen LogP contribution in [0.3, 0.4) is 0 Å². The van der Waals surface area contributed by atoms with E-state index in [0.29, 0.717) is 12.3 Å². The van der Waals surface area contributed by atoms with Gasteiger partial charge in [0, 0.05) is 6.42 Å². The molecule has 0 bridgehead atoms. The third-order valence-corrected chi connectivity index (χ3v) is 2.85. The number of benzene rings is 1. The average Bonchev–Trinajstić information content (AvgIpc) is 2.87. The molecule has 0 aliphatic heterocycles. The van der Waals surface area contributed by atoms with E-state index in [1.807, 2.05) is 18.2 Å². The number of hydrogen-bond donors (Lipinski definition) is 1. The Labute approximate surface area is 110 Å². The molecule has 0 atom stereocenters. The molecule has 2 aromatic rings. The quantitative estimate of drug-likeness (QED) is 0.895. The highest BCUT2D eigenvalue weighted by molar-refractivity contribution is 5.83. The van der Waals surface area contributed by atoms with Crippen molar-refractivity contribution in [3.63, 3.8) is 0 Å². The zero-order valence-electron chi connectivity index (χ0n) is 10.8. The molecule has 0 aliphatic rings. The summed E-state index contributed by atoms with van der Waals surface area (Å²) in [6.07, 6.45) is 2.55. The lowest BCUT2D eigenvalue weighted by Gasteiger charge is -2.08. The first kappa shape index (κ1) is 13.1. The summed E-state index contributed by atoms with van der Waals surface area (Å²) >= 11 is 0. The van der Waals surface area contributed by atoms with Crippen LogP contribution in [0.4, 0.5) is 0 Å². The number of aryl methyl sites for hydroxylation is 1. The number of methoxy groups -OCH3 is 1. The van der Waals surface area contributed by atoms with Crippen LogP contribution in [0.2, 0.25) is 0 Å². The Kier molecular flexibility index (Phi) is 3.85. The first-order valence-electron chi connectivity index (χ1n) is 5.97. The number of carbonyl (C=O) groups is 1. The number of oxazole rings is 1. The monoisotopic (exact) mass is 261 g/mol. The number of rotatable bonds is 5. The standard InChI is InChI=1S/C14H15NO4/c1-3-10-6-9(4-5-11(10)18-2)7-13-15-8-12(19-13)14(16)17/h4-6,8H,3,7H2,1-2H3,(H,16,17). The maximum absolute atomic E-state index is 10.7. The SMILES string of the molecule is CCc1cc(Cc2ncc(C(=O)O)o2)ccc1OC. The van der Waals surface area contributed by atoms with E-state index < -0.39 is 5.97 Å². The summed E-state index contributed by atoms with van der Waals surface area (Å²) in [5.41, 5.74) is 2.11. The topological polar surface area (TPSA) is 72.6 Å². The maximum atomic E-state index is 10.7. The Bertz CT molecular complexity index is 589. The van der Waals surface area contributed by atoms with Gasteiger partial charge >= 0.3 is 5.97 Å². The Balaban J connectivity index is 2.20. The minimum absolute atomic E-state index is 0.140. The first-order chi connectivity index (χ1) is 9.13. The molecular formula is C14H15NO4. The molecule has 0 fully saturated rings. The van der Waals surface area contributed by atoms with Gasteiger partial charge in [0.2, 0.25) is 5.76 Å². The van der Waals surface area contributed by atoms with E-state index in [1.165, 1.54) is 6.20 Å². The molecule has 100 valence electrons. The second kappa shape index (κ2) is 5.56. The van der Waals surface area contributed by atoms with Gasteiger partial charge in [0.1, 0.15) is 5.75 Å². The number of nitrogens with zero attached hydrogens (tertiary/aromatic N) is 1. The normalized spacial score (nSPS) is 10.4. The van der Waals surface area contributed by atoms with Crippen LogP contribution < -0.4 is 4.74 Å². The summed E-state index contributed by atoms with van der Waals surface area (Å²) in [5, 5.41) is 8.76. The second-order valence-electron chi connectivity index (χ2n) is 4.10. The Morgan fingerprint density at radius 1 is 1.47 bits per heavy atom. The highest BCUT2D eigenvalue weighted by atomic mass is 16.5. The smallest absolute Gasteiger partial charge is 0.373 e. The summed E-state index contributed by atoms with van der Waals surface area (Å²) in [5.74, 6) is -0.00328. The number of carboxylic acid groups (broad SMARTS) is 1. The molecule has 0 aliphatic carbocycles. The van der Waals surface area contributed by atoms with Crippen LogP contribution in [0.15, 0.2) is 28.8 Å². The van der Waals surface area contributed by atoms with Crippen molar-refractivity contribution in [3.8, 4) is 5.75 Å². The first-order valence-corrected chi connectivity index (χ1v) is 5.97. The average molecular weight is 261 g/mol. The van der Waals surface area contributed by atoms with Crippen LogP contribution in [0.5, 0.6) is 5.75 Å². The number of carboxylic acids is 1. The van der Waals surface area contributed by atoms with Crippen molar-refractivity contribution in [1.29, 1.82) is 0 Å². The van der Waals surface area contributed by atoms with Crippen molar-refractivity contribution in [2.75, 3.05) is 7.11 Å². The molecular weight excluding hydrogens is 246 g/mol. The largest absolute Gasteiger partial charge is 0.496 e. The number of hydrogen-bond acceptors (Lipinski definition) is 4. The van der Waals surface area contributed by atoms with Gasteiger partial charge in [-0.25, -0.2) is 9.78 Å². The van der Waals surface area contributed by atoms with E-state index >= 15 is 0 Å². The summed E-state index contributed by atoms with van der Waals surface area (Å²) < 4.78 is 10.4. The molecule has 1 aromatic heterocycles.